The van der Waals surface area contributed by atoms with Gasteiger partial charge >= 0.3 is 5.97 Å². The molecule has 10 heteroatoms. The highest BCUT2D eigenvalue weighted by Crippen LogP contribution is 2.73. The summed E-state index contributed by atoms with van der Waals surface area (Å²) in [6.45, 7) is 28.5. The first-order chi connectivity index (χ1) is 32.2. The minimum absolute atomic E-state index is 0.00498. The Labute approximate surface area is 419 Å². The lowest BCUT2D eigenvalue weighted by Gasteiger charge is -2.60. The van der Waals surface area contributed by atoms with Crippen molar-refractivity contribution < 1.29 is 49.1 Å². The van der Waals surface area contributed by atoms with Crippen LogP contribution < -0.4 is 0 Å². The number of fused-ring (bicyclic) bond motifs is 9. The molecule has 0 spiro atoms. The van der Waals surface area contributed by atoms with Gasteiger partial charge in [0.05, 0.1) is 24.7 Å². The summed E-state index contributed by atoms with van der Waals surface area (Å²) in [4.78, 5) is 69.9. The molecule has 0 aromatic rings. The number of hydrogen-bond acceptors (Lipinski definition) is 10. The SMILES string of the molecule is C[C@H](CC[C@H](OC(=O)[C@@H](C)CC(=O)C[C@@H](C)[C@H]1C[C@@H](O)[C@@]2(C)C3=C(C(=O)C[C@]12C)[C@@]1(C)CC[C@@H](O)C(C)(C)[C@@H]1CC3=O)[C@](C)(O)CO)[C@H]1CC[C@@]2(C)C3=CC[C@H]4C(C)(C)C(=O)CC[C@]4(C)C3=CC[C@]12C. The van der Waals surface area contributed by atoms with Gasteiger partial charge in [-0.1, -0.05) is 102 Å². The third-order valence-corrected chi connectivity index (χ3v) is 23.5. The van der Waals surface area contributed by atoms with Crippen LogP contribution in [0.3, 0.4) is 0 Å². The van der Waals surface area contributed by atoms with E-state index in [0.717, 1.165) is 32.1 Å². The maximum atomic E-state index is 14.5. The van der Waals surface area contributed by atoms with Crippen LogP contribution in [0.2, 0.25) is 0 Å². The number of hydrogen-bond donors (Lipinski definition) is 4. The van der Waals surface area contributed by atoms with Crippen molar-refractivity contribution in [2.45, 2.75) is 217 Å². The number of ketones is 4. The zero-order valence-corrected chi connectivity index (χ0v) is 45.5. The van der Waals surface area contributed by atoms with Gasteiger partial charge in [0, 0.05) is 59.5 Å². The number of aliphatic hydroxyl groups is 4. The summed E-state index contributed by atoms with van der Waals surface area (Å²) in [5.41, 5.74) is -1.04. The van der Waals surface area contributed by atoms with E-state index in [1.54, 1.807) is 6.92 Å². The summed E-state index contributed by atoms with van der Waals surface area (Å²) in [7, 11) is 0. The fourth-order valence-corrected chi connectivity index (χ4v) is 18.3. The van der Waals surface area contributed by atoms with Crippen molar-refractivity contribution in [3.05, 3.63) is 34.4 Å². The van der Waals surface area contributed by atoms with Crippen LogP contribution in [-0.4, -0.2) is 80.0 Å². The summed E-state index contributed by atoms with van der Waals surface area (Å²) in [5.74, 6) is -1.15. The molecule has 4 saturated carbocycles. The topological polar surface area (TPSA) is 176 Å². The van der Waals surface area contributed by atoms with E-state index < -0.39 is 64.1 Å². The van der Waals surface area contributed by atoms with Crippen molar-refractivity contribution in [1.29, 1.82) is 0 Å². The lowest BCUT2D eigenvalue weighted by Crippen LogP contribution is -2.60. The molecule has 4 fully saturated rings. The Bertz CT molecular complexity index is 2300. The second-order valence-corrected chi connectivity index (χ2v) is 27.8. The maximum Gasteiger partial charge on any atom is 0.309 e. The highest BCUT2D eigenvalue weighted by molar-refractivity contribution is 6.11. The van der Waals surface area contributed by atoms with Crippen molar-refractivity contribution >= 4 is 29.1 Å². The molecule has 8 rings (SSSR count). The summed E-state index contributed by atoms with van der Waals surface area (Å²) in [6, 6.07) is 0. The van der Waals surface area contributed by atoms with Crippen LogP contribution in [0, 0.1) is 84.7 Å². The Balaban J connectivity index is 0.911. The highest BCUT2D eigenvalue weighted by atomic mass is 16.6. The van der Waals surface area contributed by atoms with Crippen LogP contribution in [0.5, 0.6) is 0 Å². The van der Waals surface area contributed by atoms with Crippen molar-refractivity contribution in [3.8, 4) is 0 Å². The molecule has 0 saturated heterocycles. The molecule has 8 aliphatic carbocycles. The van der Waals surface area contributed by atoms with Crippen molar-refractivity contribution in [3.63, 3.8) is 0 Å². The molecule has 390 valence electrons. The second-order valence-electron chi connectivity index (χ2n) is 27.8. The van der Waals surface area contributed by atoms with Crippen LogP contribution in [0.25, 0.3) is 0 Å². The van der Waals surface area contributed by atoms with Gasteiger partial charge in [0.15, 0.2) is 11.6 Å². The van der Waals surface area contributed by atoms with E-state index in [1.165, 1.54) is 18.1 Å². The molecule has 0 radical (unpaired) electrons. The molecule has 10 nitrogen and oxygen atoms in total. The van der Waals surface area contributed by atoms with Crippen LogP contribution in [0.4, 0.5) is 0 Å². The zero-order chi connectivity index (χ0) is 51.9. The first-order valence-corrected chi connectivity index (χ1v) is 27.4. The number of carbonyl (C=O) groups excluding carboxylic acids is 5. The molecule has 70 heavy (non-hydrogen) atoms. The number of esters is 1. The third-order valence-electron chi connectivity index (χ3n) is 23.5. The fourth-order valence-electron chi connectivity index (χ4n) is 18.3. The van der Waals surface area contributed by atoms with Crippen molar-refractivity contribution in [1.82, 2.24) is 0 Å². The van der Waals surface area contributed by atoms with Gasteiger partial charge in [-0.25, -0.2) is 0 Å². The monoisotopic (exact) mass is 971 g/mol. The van der Waals surface area contributed by atoms with Crippen molar-refractivity contribution in [2.75, 3.05) is 6.61 Å². The molecule has 0 amide bonds. The first kappa shape index (κ1) is 53.5. The van der Waals surface area contributed by atoms with E-state index in [-0.39, 0.29) is 94.3 Å². The van der Waals surface area contributed by atoms with Gasteiger partial charge in [0.1, 0.15) is 23.3 Å². The van der Waals surface area contributed by atoms with Gasteiger partial charge in [0.2, 0.25) is 0 Å². The number of ether oxygens (including phenoxy) is 1. The minimum atomic E-state index is -1.69. The van der Waals surface area contributed by atoms with Crippen LogP contribution in [0.1, 0.15) is 193 Å². The lowest BCUT2D eigenvalue weighted by atomic mass is 9.42. The van der Waals surface area contributed by atoms with Gasteiger partial charge in [-0.3, -0.25) is 24.0 Å². The molecule has 0 aromatic heterocycles. The van der Waals surface area contributed by atoms with Crippen LogP contribution >= 0.6 is 0 Å². The Morgan fingerprint density at radius 3 is 2.09 bits per heavy atom. The van der Waals surface area contributed by atoms with E-state index in [2.05, 4.69) is 60.6 Å². The number of allylic oxidation sites excluding steroid dienone is 5. The number of carbonyl (C=O) groups is 5. The molecule has 0 aliphatic heterocycles. The zero-order valence-electron chi connectivity index (χ0n) is 45.5. The van der Waals surface area contributed by atoms with Gasteiger partial charge in [-0.2, -0.15) is 0 Å². The van der Waals surface area contributed by atoms with Gasteiger partial charge in [-0.05, 0) is 145 Å². The molecular formula is C60H90O10. The van der Waals surface area contributed by atoms with E-state index in [9.17, 15) is 44.4 Å². The normalized spacial score (nSPS) is 43.1. The Morgan fingerprint density at radius 2 is 1.43 bits per heavy atom. The molecular weight excluding hydrogens is 881 g/mol. The predicted octanol–water partition coefficient (Wildman–Crippen LogP) is 10.2. The van der Waals surface area contributed by atoms with E-state index in [1.807, 2.05) is 34.6 Å². The molecule has 0 bridgehead atoms. The average Bonchev–Trinajstić information content (AvgIpc) is 3.67. The smallest absolute Gasteiger partial charge is 0.309 e. The molecule has 8 aliphatic rings. The predicted molar refractivity (Wildman–Crippen MR) is 270 cm³/mol. The average molecular weight is 971 g/mol. The van der Waals surface area contributed by atoms with E-state index >= 15 is 0 Å². The minimum Gasteiger partial charge on any atom is -0.459 e. The Hall–Kier alpha value is -2.79. The fraction of sp³-hybridized carbons (Fsp3) is 0.817. The molecule has 0 unspecified atom stereocenters. The molecule has 17 atom stereocenters. The number of Topliss-reactive ketones (excluding diaryl/α,β-unsaturated/α-hetero) is 4. The second kappa shape index (κ2) is 17.4. The van der Waals surface area contributed by atoms with E-state index in [4.69, 9.17) is 4.74 Å². The van der Waals surface area contributed by atoms with Crippen LogP contribution in [-0.2, 0) is 28.7 Å². The molecule has 0 aromatic carbocycles. The van der Waals surface area contributed by atoms with Gasteiger partial charge in [-0.15, -0.1) is 0 Å². The number of aliphatic hydroxyl groups excluding tert-OH is 3. The summed E-state index contributed by atoms with van der Waals surface area (Å²) in [6.07, 6.45) is 11.0. The third kappa shape index (κ3) is 7.51. The molecule has 4 N–H and O–H groups in total. The highest BCUT2D eigenvalue weighted by Gasteiger charge is 2.70. The Kier molecular flexibility index (Phi) is 13.3. The summed E-state index contributed by atoms with van der Waals surface area (Å²) >= 11 is 0. The summed E-state index contributed by atoms with van der Waals surface area (Å²) in [5, 5.41) is 44.9. The van der Waals surface area contributed by atoms with E-state index in [0.29, 0.717) is 61.4 Å². The maximum absolute atomic E-state index is 14.5. The van der Waals surface area contributed by atoms with Crippen LogP contribution in [0.15, 0.2) is 34.4 Å². The Morgan fingerprint density at radius 1 is 0.757 bits per heavy atom. The first-order valence-electron chi connectivity index (χ1n) is 27.4. The standard InChI is InChI=1S/C60H90O10/c1-33(37-19-25-57(11)39-16-17-43-52(4,5)45(65)21-23-54(43,8)38(39)20-26-56(37,57)10)15-18-48(59(13,69)32-61)70-51(68)35(3)28-36(62)27-34(2)40-29-47(67)60(14)50-41(63)30-44-53(6,7)46(66)22-24-55(44,9)49(50)42(64)31-58(40,60)12/h16,20,33-35,37,40,43-44,46-48,61,66-67,69H,15,17-19,21-32H2,1-14H3/t33-,34-,35+,37-,40-,43+,44+,46-,47-,48+,54-,55+,56-,57+,58-,59-,60+/m1/s1. The quantitative estimate of drug-likeness (QED) is 0.130. The lowest BCUT2D eigenvalue weighted by molar-refractivity contribution is -0.174. The van der Waals surface area contributed by atoms with Crippen molar-refractivity contribution in [2.24, 2.45) is 84.7 Å². The van der Waals surface area contributed by atoms with Gasteiger partial charge < -0.3 is 25.2 Å². The largest absolute Gasteiger partial charge is 0.459 e. The summed E-state index contributed by atoms with van der Waals surface area (Å²) < 4.78 is 6.08. The molecule has 0 heterocycles. The number of rotatable bonds is 13. The van der Waals surface area contributed by atoms with Gasteiger partial charge in [0.25, 0.3) is 0 Å².